The van der Waals surface area contributed by atoms with Gasteiger partial charge in [-0.15, -0.1) is 11.8 Å². The van der Waals surface area contributed by atoms with E-state index in [0.717, 1.165) is 37.1 Å². The number of nitrogens with two attached hydrogens (primary N) is 1. The summed E-state index contributed by atoms with van der Waals surface area (Å²) in [5, 5.41) is 15.0. The number of hydrogen-bond acceptors (Lipinski definition) is 4. The Morgan fingerprint density at radius 1 is 1.67 bits per heavy atom. The van der Waals surface area contributed by atoms with Gasteiger partial charge in [0.25, 0.3) is 0 Å². The predicted octanol–water partition coefficient (Wildman–Crippen LogP) is 1.70. The molecule has 0 amide bonds. The zero-order chi connectivity index (χ0) is 13.2. The molecule has 0 radical (unpaired) electrons. The zero-order valence-corrected chi connectivity index (χ0v) is 12.0. The average molecular weight is 269 g/mol. The van der Waals surface area contributed by atoms with Crippen LogP contribution >= 0.6 is 11.8 Å². The van der Waals surface area contributed by atoms with Gasteiger partial charge in [0.15, 0.2) is 0 Å². The highest BCUT2D eigenvalue weighted by molar-refractivity contribution is 7.99. The van der Waals surface area contributed by atoms with E-state index < -0.39 is 0 Å². The van der Waals surface area contributed by atoms with Gasteiger partial charge in [0.05, 0.1) is 17.3 Å². The summed E-state index contributed by atoms with van der Waals surface area (Å²) < 4.78 is 1.93. The van der Waals surface area contributed by atoms with Crippen molar-refractivity contribution in [3.63, 3.8) is 0 Å². The summed E-state index contributed by atoms with van der Waals surface area (Å²) in [4.78, 5) is 0. The van der Waals surface area contributed by atoms with E-state index in [0.29, 0.717) is 5.92 Å². The topological polar surface area (TPSA) is 64.1 Å². The molecule has 0 bridgehead atoms. The van der Waals surface area contributed by atoms with Crippen LogP contribution < -0.4 is 5.73 Å². The lowest BCUT2D eigenvalue weighted by molar-refractivity contribution is 0.158. The molecule has 1 aromatic rings. The molecular formula is C13H23N3OS. The van der Waals surface area contributed by atoms with Crippen molar-refractivity contribution in [1.29, 1.82) is 0 Å². The number of aliphatic hydroxyl groups is 1. The predicted molar refractivity (Wildman–Crippen MR) is 74.6 cm³/mol. The van der Waals surface area contributed by atoms with Gasteiger partial charge in [-0.3, -0.25) is 4.68 Å². The molecule has 1 saturated carbocycles. The first-order valence-electron chi connectivity index (χ1n) is 6.58. The van der Waals surface area contributed by atoms with Gasteiger partial charge in [-0.1, -0.05) is 6.42 Å². The Balaban J connectivity index is 1.84. The standard InChI is InChI=1S/C13H23N3OS/c1-10-8-12(16(2)15-10)18-7-5-11-4-3-6-13(11,14)9-17/h8,11,17H,3-7,9,14H2,1-2H3. The molecule has 0 spiro atoms. The average Bonchev–Trinajstić information content (AvgIpc) is 2.84. The summed E-state index contributed by atoms with van der Waals surface area (Å²) in [5.74, 6) is 1.51. The van der Waals surface area contributed by atoms with Crippen LogP contribution in [0, 0.1) is 12.8 Å². The molecule has 0 saturated heterocycles. The van der Waals surface area contributed by atoms with Crippen molar-refractivity contribution in [2.45, 2.75) is 43.2 Å². The lowest BCUT2D eigenvalue weighted by Gasteiger charge is -2.29. The summed E-state index contributed by atoms with van der Waals surface area (Å²) in [7, 11) is 1.98. The van der Waals surface area contributed by atoms with Crippen LogP contribution in [0.2, 0.25) is 0 Å². The summed E-state index contributed by atoms with van der Waals surface area (Å²) in [6.07, 6.45) is 4.34. The molecule has 1 heterocycles. The molecule has 2 rings (SSSR count). The van der Waals surface area contributed by atoms with Crippen LogP contribution in [0.3, 0.4) is 0 Å². The number of nitrogens with zero attached hydrogens (tertiary/aromatic N) is 2. The second kappa shape index (κ2) is 5.63. The van der Waals surface area contributed by atoms with E-state index in [9.17, 15) is 5.11 Å². The zero-order valence-electron chi connectivity index (χ0n) is 11.2. The molecule has 102 valence electrons. The number of aliphatic hydroxyl groups excluding tert-OH is 1. The molecule has 1 aromatic heterocycles. The first kappa shape index (κ1) is 13.9. The van der Waals surface area contributed by atoms with Gasteiger partial charge < -0.3 is 10.8 Å². The SMILES string of the molecule is Cc1cc(SCCC2CCCC2(N)CO)n(C)n1. The summed E-state index contributed by atoms with van der Waals surface area (Å²) in [6.45, 7) is 2.13. The number of thioether (sulfide) groups is 1. The molecule has 3 N–H and O–H groups in total. The third-order valence-electron chi connectivity index (χ3n) is 3.98. The largest absolute Gasteiger partial charge is 0.394 e. The van der Waals surface area contributed by atoms with Crippen molar-refractivity contribution >= 4 is 11.8 Å². The number of aryl methyl sites for hydroxylation is 2. The number of hydrogen-bond donors (Lipinski definition) is 2. The lowest BCUT2D eigenvalue weighted by atomic mass is 9.87. The molecule has 0 aliphatic heterocycles. The Kier molecular flexibility index (Phi) is 4.35. The first-order valence-corrected chi connectivity index (χ1v) is 7.57. The van der Waals surface area contributed by atoms with Gasteiger partial charge in [0.2, 0.25) is 0 Å². The Hall–Kier alpha value is -0.520. The van der Waals surface area contributed by atoms with Gasteiger partial charge in [-0.25, -0.2) is 0 Å². The maximum absolute atomic E-state index is 9.41. The quantitative estimate of drug-likeness (QED) is 0.799. The van der Waals surface area contributed by atoms with Crippen molar-refractivity contribution in [2.75, 3.05) is 12.4 Å². The van der Waals surface area contributed by atoms with E-state index in [2.05, 4.69) is 11.2 Å². The molecule has 1 aliphatic rings. The van der Waals surface area contributed by atoms with E-state index in [1.165, 1.54) is 5.03 Å². The fraction of sp³-hybridized carbons (Fsp3) is 0.769. The van der Waals surface area contributed by atoms with Crippen LogP contribution in [0.25, 0.3) is 0 Å². The van der Waals surface area contributed by atoms with Crippen molar-refractivity contribution in [2.24, 2.45) is 18.7 Å². The van der Waals surface area contributed by atoms with Crippen molar-refractivity contribution in [3.05, 3.63) is 11.8 Å². The van der Waals surface area contributed by atoms with Gasteiger partial charge in [-0.05, 0) is 43.9 Å². The molecule has 1 fully saturated rings. The highest BCUT2D eigenvalue weighted by Crippen LogP contribution is 2.37. The Bertz CT molecular complexity index is 407. The van der Waals surface area contributed by atoms with E-state index in [-0.39, 0.29) is 12.1 Å². The summed E-state index contributed by atoms with van der Waals surface area (Å²) >= 11 is 1.83. The third kappa shape index (κ3) is 2.90. The van der Waals surface area contributed by atoms with E-state index >= 15 is 0 Å². The van der Waals surface area contributed by atoms with Crippen LogP contribution in [0.15, 0.2) is 11.1 Å². The molecule has 4 nitrogen and oxygen atoms in total. The molecule has 2 atom stereocenters. The second-order valence-electron chi connectivity index (χ2n) is 5.37. The van der Waals surface area contributed by atoms with Gasteiger partial charge >= 0.3 is 0 Å². The van der Waals surface area contributed by atoms with Crippen LogP contribution in [0.1, 0.15) is 31.4 Å². The smallest absolute Gasteiger partial charge is 0.0939 e. The highest BCUT2D eigenvalue weighted by atomic mass is 32.2. The minimum absolute atomic E-state index is 0.118. The molecule has 1 aliphatic carbocycles. The lowest BCUT2D eigenvalue weighted by Crippen LogP contribution is -2.47. The second-order valence-corrected chi connectivity index (χ2v) is 6.48. The van der Waals surface area contributed by atoms with Crippen LogP contribution in [-0.2, 0) is 7.05 Å². The van der Waals surface area contributed by atoms with Crippen LogP contribution in [0.4, 0.5) is 0 Å². The van der Waals surface area contributed by atoms with Crippen molar-refractivity contribution in [1.82, 2.24) is 9.78 Å². The van der Waals surface area contributed by atoms with Crippen molar-refractivity contribution in [3.8, 4) is 0 Å². The van der Waals surface area contributed by atoms with Crippen LogP contribution in [0.5, 0.6) is 0 Å². The Morgan fingerprint density at radius 2 is 2.44 bits per heavy atom. The minimum Gasteiger partial charge on any atom is -0.394 e. The fourth-order valence-corrected chi connectivity index (χ4v) is 3.93. The highest BCUT2D eigenvalue weighted by Gasteiger charge is 2.38. The molecule has 5 heteroatoms. The first-order chi connectivity index (χ1) is 8.55. The maximum atomic E-state index is 9.41. The van der Waals surface area contributed by atoms with Gasteiger partial charge in [0, 0.05) is 12.6 Å². The van der Waals surface area contributed by atoms with E-state index in [4.69, 9.17) is 5.73 Å². The van der Waals surface area contributed by atoms with E-state index in [1.807, 2.05) is 30.4 Å². The molecule has 0 aromatic carbocycles. The Labute approximate surface area is 113 Å². The molecular weight excluding hydrogens is 246 g/mol. The Morgan fingerprint density at radius 3 is 3.06 bits per heavy atom. The number of rotatable bonds is 5. The summed E-state index contributed by atoms with van der Waals surface area (Å²) in [6, 6.07) is 2.11. The minimum atomic E-state index is -0.330. The molecule has 2 unspecified atom stereocenters. The monoisotopic (exact) mass is 269 g/mol. The maximum Gasteiger partial charge on any atom is 0.0939 e. The van der Waals surface area contributed by atoms with E-state index in [1.54, 1.807) is 0 Å². The molecule has 18 heavy (non-hydrogen) atoms. The third-order valence-corrected chi connectivity index (χ3v) is 5.10. The summed E-state index contributed by atoms with van der Waals surface area (Å²) in [5.41, 5.74) is 6.97. The van der Waals surface area contributed by atoms with Gasteiger partial charge in [0.1, 0.15) is 0 Å². The fourth-order valence-electron chi connectivity index (χ4n) is 2.84. The van der Waals surface area contributed by atoms with Crippen LogP contribution in [-0.4, -0.2) is 32.8 Å². The van der Waals surface area contributed by atoms with Crippen molar-refractivity contribution < 1.29 is 5.11 Å². The van der Waals surface area contributed by atoms with Gasteiger partial charge in [-0.2, -0.15) is 5.10 Å². The number of aromatic nitrogens is 2. The normalized spacial score (nSPS) is 27.9.